The first-order valence-electron chi connectivity index (χ1n) is 6.65. The molecular weight excluding hydrogens is 292 g/mol. The number of hydrogen-bond donors (Lipinski definition) is 3. The minimum Gasteiger partial charge on any atom is -0.479 e. The second-order valence-corrected chi connectivity index (χ2v) is 5.61. The van der Waals surface area contributed by atoms with Gasteiger partial charge < -0.3 is 20.5 Å². The number of hydrogen-bond acceptors (Lipinski definition) is 4. The first-order chi connectivity index (χ1) is 10.1. The number of anilines is 1. The fraction of sp³-hybridized carbons (Fsp3) is 0.429. The van der Waals surface area contributed by atoms with Gasteiger partial charge >= 0.3 is 12.0 Å². The smallest absolute Gasteiger partial charge is 0.332 e. The molecule has 6 nitrogen and oxygen atoms in total. The number of rotatable bonds is 5. The molecule has 0 aliphatic carbocycles. The number of benzene rings is 1. The van der Waals surface area contributed by atoms with Crippen molar-refractivity contribution in [1.82, 2.24) is 5.32 Å². The van der Waals surface area contributed by atoms with Crippen molar-refractivity contribution in [3.63, 3.8) is 0 Å². The van der Waals surface area contributed by atoms with E-state index in [0.717, 1.165) is 4.90 Å². The molecule has 1 aromatic carbocycles. The quantitative estimate of drug-likeness (QED) is 0.725. The van der Waals surface area contributed by atoms with E-state index in [0.29, 0.717) is 25.1 Å². The largest absolute Gasteiger partial charge is 0.479 e. The molecule has 2 rings (SSSR count). The molecule has 21 heavy (non-hydrogen) atoms. The highest BCUT2D eigenvalue weighted by Crippen LogP contribution is 2.19. The van der Waals surface area contributed by atoms with Crippen molar-refractivity contribution in [1.29, 1.82) is 0 Å². The number of thioether (sulfide) groups is 1. The number of ether oxygens (including phenoxy) is 1. The van der Waals surface area contributed by atoms with Gasteiger partial charge in [0.1, 0.15) is 0 Å². The lowest BCUT2D eigenvalue weighted by Gasteiger charge is -2.13. The van der Waals surface area contributed by atoms with Crippen LogP contribution in [0.25, 0.3) is 0 Å². The molecular formula is C14H18N2O4S. The van der Waals surface area contributed by atoms with Crippen molar-refractivity contribution >= 4 is 29.4 Å². The van der Waals surface area contributed by atoms with E-state index in [1.807, 2.05) is 30.5 Å². The van der Waals surface area contributed by atoms with Crippen LogP contribution < -0.4 is 10.6 Å². The molecule has 0 radical (unpaired) electrons. The number of carbonyl (C=O) groups excluding carboxylic acids is 1. The molecule has 0 spiro atoms. The van der Waals surface area contributed by atoms with Crippen LogP contribution in [0.5, 0.6) is 0 Å². The van der Waals surface area contributed by atoms with Crippen molar-refractivity contribution < 1.29 is 19.4 Å². The maximum Gasteiger partial charge on any atom is 0.332 e. The van der Waals surface area contributed by atoms with Crippen LogP contribution in [0.15, 0.2) is 29.2 Å². The summed E-state index contributed by atoms with van der Waals surface area (Å²) >= 11 is 1.63. The van der Waals surface area contributed by atoms with E-state index in [4.69, 9.17) is 9.84 Å². The number of nitrogens with one attached hydrogen (secondary N) is 2. The van der Waals surface area contributed by atoms with E-state index in [1.165, 1.54) is 0 Å². The predicted molar refractivity (Wildman–Crippen MR) is 80.8 cm³/mol. The fourth-order valence-electron chi connectivity index (χ4n) is 2.09. The van der Waals surface area contributed by atoms with E-state index < -0.39 is 12.1 Å². The van der Waals surface area contributed by atoms with Crippen molar-refractivity contribution in [3.05, 3.63) is 24.3 Å². The summed E-state index contributed by atoms with van der Waals surface area (Å²) < 4.78 is 5.31. The zero-order valence-corrected chi connectivity index (χ0v) is 12.5. The molecule has 2 atom stereocenters. The fourth-order valence-corrected chi connectivity index (χ4v) is 2.50. The predicted octanol–water partition coefficient (Wildman–Crippen LogP) is 2.16. The van der Waals surface area contributed by atoms with Gasteiger partial charge in [0.15, 0.2) is 6.10 Å². The summed E-state index contributed by atoms with van der Waals surface area (Å²) in [6, 6.07) is 7.19. The Kier molecular flexibility index (Phi) is 5.46. The monoisotopic (exact) mass is 310 g/mol. The van der Waals surface area contributed by atoms with Crippen LogP contribution in [0.4, 0.5) is 10.5 Å². The zero-order chi connectivity index (χ0) is 15.2. The van der Waals surface area contributed by atoms with Gasteiger partial charge in [-0.3, -0.25) is 0 Å². The second-order valence-electron chi connectivity index (χ2n) is 4.73. The molecule has 0 saturated carbocycles. The van der Waals surface area contributed by atoms with Gasteiger partial charge in [0.25, 0.3) is 0 Å². The first-order valence-corrected chi connectivity index (χ1v) is 7.88. The molecule has 1 aliphatic rings. The summed E-state index contributed by atoms with van der Waals surface area (Å²) in [5.41, 5.74) is 0.709. The molecule has 114 valence electrons. The third-order valence-corrected chi connectivity index (χ3v) is 3.96. The van der Waals surface area contributed by atoms with Crippen LogP contribution >= 0.6 is 11.8 Å². The van der Waals surface area contributed by atoms with Crippen LogP contribution in [0, 0.1) is 0 Å². The Morgan fingerprint density at radius 2 is 2.05 bits per heavy atom. The molecule has 1 aromatic rings. The standard InChI is InChI=1S/C14H18N2O4S/c1-21-11-5-2-9(3-6-11)16-14(19)15-8-10-4-7-12(20-10)13(17)18/h2-3,5-6,10,12H,4,7-8H2,1H3,(H,17,18)(H2,15,16,19). The summed E-state index contributed by atoms with van der Waals surface area (Å²) in [6.07, 6.45) is 2.12. The van der Waals surface area contributed by atoms with Crippen LogP contribution in [-0.2, 0) is 9.53 Å². The highest BCUT2D eigenvalue weighted by Gasteiger charge is 2.30. The van der Waals surface area contributed by atoms with Crippen LogP contribution in [-0.4, -0.2) is 42.1 Å². The summed E-state index contributed by atoms with van der Waals surface area (Å²) in [7, 11) is 0. The zero-order valence-electron chi connectivity index (χ0n) is 11.7. The van der Waals surface area contributed by atoms with Crippen LogP contribution in [0.3, 0.4) is 0 Å². The number of amides is 2. The summed E-state index contributed by atoms with van der Waals surface area (Å²) in [5, 5.41) is 14.2. The lowest BCUT2D eigenvalue weighted by Crippen LogP contribution is -2.35. The van der Waals surface area contributed by atoms with E-state index in [2.05, 4.69) is 10.6 Å². The third-order valence-electron chi connectivity index (χ3n) is 3.22. The van der Waals surface area contributed by atoms with Gasteiger partial charge in [0, 0.05) is 17.1 Å². The molecule has 1 saturated heterocycles. The Balaban J connectivity index is 1.73. The Morgan fingerprint density at radius 3 is 2.62 bits per heavy atom. The molecule has 7 heteroatoms. The molecule has 1 fully saturated rings. The van der Waals surface area contributed by atoms with Gasteiger partial charge in [-0.05, 0) is 43.4 Å². The Morgan fingerprint density at radius 1 is 1.33 bits per heavy atom. The van der Waals surface area contributed by atoms with Gasteiger partial charge in [-0.1, -0.05) is 0 Å². The van der Waals surface area contributed by atoms with Gasteiger partial charge in [0.2, 0.25) is 0 Å². The minimum absolute atomic E-state index is 0.240. The average molecular weight is 310 g/mol. The minimum atomic E-state index is -0.948. The van der Waals surface area contributed by atoms with E-state index in [-0.39, 0.29) is 12.1 Å². The summed E-state index contributed by atoms with van der Waals surface area (Å²) in [4.78, 5) is 23.6. The van der Waals surface area contributed by atoms with E-state index in [9.17, 15) is 9.59 Å². The Hall–Kier alpha value is -1.73. The summed E-state index contributed by atoms with van der Waals surface area (Å²) in [5.74, 6) is -0.948. The SMILES string of the molecule is CSc1ccc(NC(=O)NCC2CCC(C(=O)O)O2)cc1. The molecule has 1 aliphatic heterocycles. The second kappa shape index (κ2) is 7.33. The lowest BCUT2D eigenvalue weighted by molar-refractivity contribution is -0.149. The Labute approximate surface area is 127 Å². The Bertz CT molecular complexity index is 506. The van der Waals surface area contributed by atoms with E-state index in [1.54, 1.807) is 11.8 Å². The van der Waals surface area contributed by atoms with Crippen molar-refractivity contribution in [2.75, 3.05) is 18.1 Å². The third kappa shape index (κ3) is 4.64. The van der Waals surface area contributed by atoms with Crippen molar-refractivity contribution in [3.8, 4) is 0 Å². The van der Waals surface area contributed by atoms with Gasteiger partial charge in [0.05, 0.1) is 6.10 Å². The molecule has 0 bridgehead atoms. The highest BCUT2D eigenvalue weighted by atomic mass is 32.2. The number of carboxylic acids is 1. The van der Waals surface area contributed by atoms with E-state index >= 15 is 0 Å². The topological polar surface area (TPSA) is 87.7 Å². The number of urea groups is 1. The summed E-state index contributed by atoms with van der Waals surface area (Å²) in [6.45, 7) is 0.304. The van der Waals surface area contributed by atoms with Crippen molar-refractivity contribution in [2.24, 2.45) is 0 Å². The molecule has 1 heterocycles. The van der Waals surface area contributed by atoms with Crippen molar-refractivity contribution in [2.45, 2.75) is 29.9 Å². The first kappa shape index (κ1) is 15.7. The maximum absolute atomic E-state index is 11.7. The van der Waals surface area contributed by atoms with Crippen LogP contribution in [0.2, 0.25) is 0 Å². The molecule has 3 N–H and O–H groups in total. The average Bonchev–Trinajstić information content (AvgIpc) is 2.95. The molecule has 0 aromatic heterocycles. The maximum atomic E-state index is 11.7. The number of carboxylic acid groups (broad SMARTS) is 1. The lowest BCUT2D eigenvalue weighted by atomic mass is 10.2. The normalized spacial score (nSPS) is 21.0. The van der Waals surface area contributed by atoms with Gasteiger partial charge in [-0.15, -0.1) is 11.8 Å². The molecule has 2 amide bonds. The number of aliphatic carboxylic acids is 1. The molecule has 2 unspecified atom stereocenters. The van der Waals surface area contributed by atoms with Crippen LogP contribution in [0.1, 0.15) is 12.8 Å². The van der Waals surface area contributed by atoms with Gasteiger partial charge in [-0.2, -0.15) is 0 Å². The number of carbonyl (C=O) groups is 2. The highest BCUT2D eigenvalue weighted by molar-refractivity contribution is 7.98. The van der Waals surface area contributed by atoms with Gasteiger partial charge in [-0.25, -0.2) is 9.59 Å².